The van der Waals surface area contributed by atoms with E-state index >= 15 is 0 Å². The van der Waals surface area contributed by atoms with Crippen molar-refractivity contribution in [3.8, 4) is 5.75 Å². The van der Waals surface area contributed by atoms with Crippen LogP contribution in [-0.2, 0) is 9.53 Å². The highest BCUT2D eigenvalue weighted by Gasteiger charge is 2.38. The first-order valence-corrected chi connectivity index (χ1v) is 11.8. The highest BCUT2D eigenvalue weighted by Crippen LogP contribution is 2.33. The second kappa shape index (κ2) is 9.62. The summed E-state index contributed by atoms with van der Waals surface area (Å²) in [5.74, 6) is -1.39. The van der Waals surface area contributed by atoms with Gasteiger partial charge in [-0.2, -0.15) is 0 Å². The van der Waals surface area contributed by atoms with Crippen LogP contribution in [0.1, 0.15) is 72.4 Å². The monoisotopic (exact) mass is 478 g/mol. The maximum absolute atomic E-state index is 13.3. The Morgan fingerprint density at radius 2 is 1.54 bits per heavy atom. The van der Waals surface area contributed by atoms with Crippen LogP contribution in [0.5, 0.6) is 5.75 Å². The van der Waals surface area contributed by atoms with E-state index in [1.807, 2.05) is 0 Å². The van der Waals surface area contributed by atoms with Crippen molar-refractivity contribution in [3.63, 3.8) is 0 Å². The highest BCUT2D eigenvalue weighted by atomic mass is 16.6. The average Bonchev–Trinajstić information content (AvgIpc) is 2.82. The minimum atomic E-state index is -0.967. The molecule has 1 amide bonds. The molecule has 8 nitrogen and oxygen atoms in total. The predicted molar refractivity (Wildman–Crippen MR) is 129 cm³/mol. The van der Waals surface area contributed by atoms with Gasteiger partial charge in [0.25, 0.3) is 0 Å². The minimum absolute atomic E-state index is 0.00153. The molecule has 0 unspecified atom stereocenters. The number of fused-ring (bicyclic) bond motifs is 2. The number of carbonyl (C=O) groups is 4. The van der Waals surface area contributed by atoms with E-state index in [0.717, 1.165) is 0 Å². The number of benzene rings is 2. The van der Waals surface area contributed by atoms with Gasteiger partial charge in [-0.05, 0) is 59.7 Å². The van der Waals surface area contributed by atoms with Crippen LogP contribution in [0.25, 0.3) is 0 Å². The molecule has 2 aromatic rings. The molecule has 1 atom stereocenters. The average molecular weight is 479 g/mol. The van der Waals surface area contributed by atoms with Crippen LogP contribution in [0.15, 0.2) is 42.5 Å². The summed E-state index contributed by atoms with van der Waals surface area (Å²) in [4.78, 5) is 54.1. The van der Waals surface area contributed by atoms with E-state index in [1.165, 1.54) is 11.0 Å². The molecule has 2 aliphatic rings. The summed E-state index contributed by atoms with van der Waals surface area (Å²) >= 11 is 0. The van der Waals surface area contributed by atoms with Crippen molar-refractivity contribution in [1.82, 2.24) is 10.2 Å². The topological polar surface area (TPSA) is 102 Å². The van der Waals surface area contributed by atoms with Crippen molar-refractivity contribution in [2.45, 2.75) is 58.2 Å². The van der Waals surface area contributed by atoms with Gasteiger partial charge in [0.15, 0.2) is 11.6 Å². The lowest BCUT2D eigenvalue weighted by atomic mass is 9.83. The second-order valence-corrected chi connectivity index (χ2v) is 9.85. The lowest BCUT2D eigenvalue weighted by Gasteiger charge is -2.38. The van der Waals surface area contributed by atoms with Crippen LogP contribution < -0.4 is 10.1 Å². The predicted octanol–water partition coefficient (Wildman–Crippen LogP) is 3.75. The zero-order valence-corrected chi connectivity index (χ0v) is 20.4. The van der Waals surface area contributed by atoms with Gasteiger partial charge in [0.1, 0.15) is 17.4 Å². The fourth-order valence-electron chi connectivity index (χ4n) is 4.53. The first kappa shape index (κ1) is 24.6. The quantitative estimate of drug-likeness (QED) is 0.450. The van der Waals surface area contributed by atoms with Crippen molar-refractivity contribution < 1.29 is 28.7 Å². The number of piperidine rings is 1. The van der Waals surface area contributed by atoms with Crippen molar-refractivity contribution in [3.05, 3.63) is 64.7 Å². The Morgan fingerprint density at radius 1 is 0.943 bits per heavy atom. The lowest BCUT2D eigenvalue weighted by molar-refractivity contribution is -0.140. The molecular weight excluding hydrogens is 448 g/mol. The number of hydrogen-bond donors (Lipinski definition) is 1. The normalized spacial score (nSPS) is 16.7. The van der Waals surface area contributed by atoms with E-state index in [2.05, 4.69) is 5.32 Å². The van der Waals surface area contributed by atoms with Gasteiger partial charge in [-0.1, -0.05) is 36.4 Å². The molecule has 2 aromatic carbocycles. The van der Waals surface area contributed by atoms with E-state index in [1.54, 1.807) is 64.1 Å². The molecule has 4 rings (SSSR count). The van der Waals surface area contributed by atoms with Gasteiger partial charge in [-0.25, -0.2) is 9.59 Å². The molecule has 0 bridgehead atoms. The number of ketones is 2. The Bertz CT molecular complexity index is 1180. The van der Waals surface area contributed by atoms with Gasteiger partial charge in [-0.15, -0.1) is 0 Å². The summed E-state index contributed by atoms with van der Waals surface area (Å²) in [7, 11) is 0. The Balaban J connectivity index is 1.63. The third kappa shape index (κ3) is 4.98. The first-order chi connectivity index (χ1) is 16.6. The Morgan fingerprint density at radius 3 is 2.17 bits per heavy atom. The zero-order chi connectivity index (χ0) is 25.3. The van der Waals surface area contributed by atoms with Gasteiger partial charge in [0, 0.05) is 22.7 Å². The van der Waals surface area contributed by atoms with Crippen molar-refractivity contribution >= 4 is 23.6 Å². The third-order valence-electron chi connectivity index (χ3n) is 6.19. The van der Waals surface area contributed by atoms with Gasteiger partial charge >= 0.3 is 12.1 Å². The molecule has 8 heteroatoms. The van der Waals surface area contributed by atoms with Crippen LogP contribution in [0, 0.1) is 0 Å². The molecule has 184 valence electrons. The maximum Gasteiger partial charge on any atom is 0.411 e. The zero-order valence-electron chi connectivity index (χ0n) is 20.4. The fraction of sp³-hybridized carbons (Fsp3) is 0.407. The first-order valence-electron chi connectivity index (χ1n) is 11.8. The molecule has 0 saturated carbocycles. The van der Waals surface area contributed by atoms with Crippen LogP contribution in [-0.4, -0.2) is 59.3 Å². The van der Waals surface area contributed by atoms with Gasteiger partial charge in [0.2, 0.25) is 0 Å². The molecule has 1 aliphatic heterocycles. The largest absolute Gasteiger partial charge is 0.444 e. The number of nitrogens with zero attached hydrogens (tertiary/aromatic N) is 1. The van der Waals surface area contributed by atoms with Crippen molar-refractivity contribution in [1.29, 1.82) is 0 Å². The summed E-state index contributed by atoms with van der Waals surface area (Å²) in [6, 6.07) is 10.0. The standard InChI is InChI=1S/C27H30N2O6/c1-16(29(17-12-14-28-15-13-17)26(33)35-27(2,3)4)25(32)34-21-11-7-10-20-22(21)24(31)19-9-6-5-8-18(19)23(20)30/h5-11,16-17,28H,12-15H2,1-4H3/t16-/m0/s1. The fourth-order valence-corrected chi connectivity index (χ4v) is 4.53. The van der Waals surface area contributed by atoms with E-state index in [-0.39, 0.29) is 40.0 Å². The van der Waals surface area contributed by atoms with Crippen molar-refractivity contribution in [2.75, 3.05) is 13.1 Å². The molecule has 1 fully saturated rings. The molecule has 0 spiro atoms. The number of ether oxygens (including phenoxy) is 2. The van der Waals surface area contributed by atoms with E-state index in [4.69, 9.17) is 9.47 Å². The second-order valence-electron chi connectivity index (χ2n) is 9.85. The molecule has 35 heavy (non-hydrogen) atoms. The third-order valence-corrected chi connectivity index (χ3v) is 6.19. The summed E-state index contributed by atoms with van der Waals surface area (Å²) in [6.07, 6.45) is 0.743. The summed E-state index contributed by atoms with van der Waals surface area (Å²) in [5.41, 5.74) is 0.108. The van der Waals surface area contributed by atoms with E-state index in [0.29, 0.717) is 31.5 Å². The summed E-state index contributed by atoms with van der Waals surface area (Å²) < 4.78 is 11.3. The van der Waals surface area contributed by atoms with E-state index in [9.17, 15) is 19.2 Å². The molecule has 1 heterocycles. The van der Waals surface area contributed by atoms with Crippen LogP contribution in [0.3, 0.4) is 0 Å². The van der Waals surface area contributed by atoms with Crippen LogP contribution in [0.4, 0.5) is 4.79 Å². The SMILES string of the molecule is C[C@@H](C(=O)Oc1cccc2c1C(=O)c1ccccc1C2=O)N(C(=O)OC(C)(C)C)C1CCNCC1. The molecule has 1 aliphatic carbocycles. The smallest absolute Gasteiger partial charge is 0.411 e. The number of rotatable bonds is 4. The Labute approximate surface area is 204 Å². The Kier molecular flexibility index (Phi) is 6.76. The molecular formula is C27H30N2O6. The molecule has 0 aromatic heterocycles. The van der Waals surface area contributed by atoms with Crippen LogP contribution in [0.2, 0.25) is 0 Å². The minimum Gasteiger partial charge on any atom is -0.444 e. The number of esters is 1. The maximum atomic E-state index is 13.3. The number of hydrogen-bond acceptors (Lipinski definition) is 7. The molecule has 1 N–H and O–H groups in total. The summed E-state index contributed by atoms with van der Waals surface area (Å²) in [6.45, 7) is 8.33. The number of nitrogens with one attached hydrogen (secondary N) is 1. The summed E-state index contributed by atoms with van der Waals surface area (Å²) in [5, 5.41) is 3.25. The van der Waals surface area contributed by atoms with Crippen LogP contribution >= 0.6 is 0 Å². The van der Waals surface area contributed by atoms with Crippen molar-refractivity contribution in [2.24, 2.45) is 0 Å². The number of carbonyl (C=O) groups excluding carboxylic acids is 4. The number of amides is 1. The lowest BCUT2D eigenvalue weighted by Crippen LogP contribution is -2.54. The highest BCUT2D eigenvalue weighted by molar-refractivity contribution is 6.29. The molecule has 0 radical (unpaired) electrons. The molecule has 1 saturated heterocycles. The van der Waals surface area contributed by atoms with Gasteiger partial charge < -0.3 is 14.8 Å². The van der Waals surface area contributed by atoms with Gasteiger partial charge in [-0.3, -0.25) is 14.5 Å². The van der Waals surface area contributed by atoms with Gasteiger partial charge in [0.05, 0.1) is 5.56 Å². The van der Waals surface area contributed by atoms with E-state index < -0.39 is 23.7 Å². The Hall–Kier alpha value is -3.52.